The lowest BCUT2D eigenvalue weighted by atomic mass is 9.81. The minimum absolute atomic E-state index is 0.0942. The fraction of sp³-hybridized carbons (Fsp3) is 0.588. The van der Waals surface area contributed by atoms with Gasteiger partial charge >= 0.3 is 5.97 Å². The number of ether oxygens (including phenoxy) is 2. The van der Waals surface area contributed by atoms with Crippen molar-refractivity contribution in [2.45, 2.75) is 52.2 Å². The molecule has 4 atom stereocenters. The van der Waals surface area contributed by atoms with Crippen LogP contribution in [-0.4, -0.2) is 25.2 Å². The normalized spacial score (nSPS) is 16.5. The summed E-state index contributed by atoms with van der Waals surface area (Å²) < 4.78 is 24.2. The predicted molar refractivity (Wildman–Crippen MR) is 84.4 cm³/mol. The Kier molecular flexibility index (Phi) is 6.81. The number of nitrogens with two attached hydrogens (primary N) is 1. The molecule has 0 saturated carbocycles. The molecule has 0 fully saturated rings. The topological polar surface area (TPSA) is 61.5 Å². The van der Waals surface area contributed by atoms with Crippen LogP contribution in [0.4, 0.5) is 4.39 Å². The van der Waals surface area contributed by atoms with E-state index in [9.17, 15) is 9.18 Å². The van der Waals surface area contributed by atoms with Crippen molar-refractivity contribution in [1.82, 2.24) is 0 Å². The molecule has 1 aromatic carbocycles. The van der Waals surface area contributed by atoms with Crippen LogP contribution in [0.5, 0.6) is 5.75 Å². The number of methoxy groups -OCH3 is 1. The zero-order valence-corrected chi connectivity index (χ0v) is 13.9. The number of carbonyl (C=O) groups is 1. The number of hydrogen-bond acceptors (Lipinski definition) is 4. The van der Waals surface area contributed by atoms with Crippen LogP contribution in [0.3, 0.4) is 0 Å². The molecule has 0 aliphatic rings. The SMILES string of the molecule is CCC(C)[C@@H](c1ccc(F)cc1OC)[C@H](C)OC(=O)[C@H](C)N. The molecule has 0 saturated heterocycles. The van der Waals surface area contributed by atoms with E-state index >= 15 is 0 Å². The number of benzene rings is 1. The van der Waals surface area contributed by atoms with Crippen molar-refractivity contribution in [2.75, 3.05) is 7.11 Å². The van der Waals surface area contributed by atoms with Crippen LogP contribution in [0.1, 0.15) is 45.6 Å². The zero-order valence-electron chi connectivity index (χ0n) is 13.9. The first-order valence-corrected chi connectivity index (χ1v) is 7.61. The minimum Gasteiger partial charge on any atom is -0.496 e. The number of hydrogen-bond donors (Lipinski definition) is 1. The molecule has 5 heteroatoms. The van der Waals surface area contributed by atoms with E-state index in [0.717, 1.165) is 12.0 Å². The maximum atomic E-state index is 13.4. The highest BCUT2D eigenvalue weighted by Gasteiger charge is 2.30. The molecule has 2 N–H and O–H groups in total. The van der Waals surface area contributed by atoms with Crippen LogP contribution in [0.25, 0.3) is 0 Å². The fourth-order valence-corrected chi connectivity index (χ4v) is 2.60. The van der Waals surface area contributed by atoms with Gasteiger partial charge < -0.3 is 15.2 Å². The standard InChI is InChI=1S/C17H26FNO3/c1-6-10(2)16(12(4)22-17(20)11(3)19)14-8-7-13(18)9-15(14)21-5/h7-12,16H,6,19H2,1-5H3/t10?,11-,12-,16+/m0/s1. The Morgan fingerprint density at radius 2 is 1.95 bits per heavy atom. The average Bonchev–Trinajstić information content (AvgIpc) is 2.48. The molecule has 0 aliphatic carbocycles. The van der Waals surface area contributed by atoms with Crippen LogP contribution in [0.15, 0.2) is 18.2 Å². The van der Waals surface area contributed by atoms with Crippen LogP contribution < -0.4 is 10.5 Å². The Balaban J connectivity index is 3.15. The maximum Gasteiger partial charge on any atom is 0.322 e. The van der Waals surface area contributed by atoms with Gasteiger partial charge in [0.15, 0.2) is 0 Å². The van der Waals surface area contributed by atoms with Gasteiger partial charge in [0, 0.05) is 17.5 Å². The second kappa shape index (κ2) is 8.13. The largest absolute Gasteiger partial charge is 0.496 e. The van der Waals surface area contributed by atoms with Gasteiger partial charge in [-0.15, -0.1) is 0 Å². The van der Waals surface area contributed by atoms with Crippen molar-refractivity contribution in [3.05, 3.63) is 29.6 Å². The van der Waals surface area contributed by atoms with Gasteiger partial charge in [-0.1, -0.05) is 26.3 Å². The van der Waals surface area contributed by atoms with Gasteiger partial charge in [-0.3, -0.25) is 4.79 Å². The molecule has 22 heavy (non-hydrogen) atoms. The summed E-state index contributed by atoms with van der Waals surface area (Å²) in [7, 11) is 1.50. The first-order chi connectivity index (χ1) is 10.3. The maximum absolute atomic E-state index is 13.4. The second-order valence-corrected chi connectivity index (χ2v) is 5.73. The predicted octanol–water partition coefficient (Wildman–Crippen LogP) is 3.24. The zero-order chi connectivity index (χ0) is 16.9. The molecule has 0 radical (unpaired) electrons. The molecule has 4 nitrogen and oxygen atoms in total. The van der Waals surface area contributed by atoms with E-state index in [1.54, 1.807) is 13.0 Å². The summed E-state index contributed by atoms with van der Waals surface area (Å²) in [6, 6.07) is 3.77. The van der Waals surface area contributed by atoms with Crippen molar-refractivity contribution in [1.29, 1.82) is 0 Å². The third-order valence-corrected chi connectivity index (χ3v) is 3.99. The van der Waals surface area contributed by atoms with Crippen molar-refractivity contribution in [3.8, 4) is 5.75 Å². The number of esters is 1. The lowest BCUT2D eigenvalue weighted by molar-refractivity contribution is -0.151. The van der Waals surface area contributed by atoms with E-state index in [0.29, 0.717) is 5.75 Å². The Hall–Kier alpha value is -1.62. The van der Waals surface area contributed by atoms with E-state index in [-0.39, 0.29) is 23.8 Å². The molecular formula is C17H26FNO3. The third kappa shape index (κ3) is 4.44. The van der Waals surface area contributed by atoms with E-state index in [1.165, 1.54) is 19.2 Å². The highest BCUT2D eigenvalue weighted by Crippen LogP contribution is 2.37. The summed E-state index contributed by atoms with van der Waals surface area (Å²) in [4.78, 5) is 11.8. The van der Waals surface area contributed by atoms with Gasteiger partial charge in [-0.2, -0.15) is 0 Å². The van der Waals surface area contributed by atoms with E-state index in [2.05, 4.69) is 13.8 Å². The molecule has 1 unspecified atom stereocenters. The Labute approximate surface area is 131 Å². The van der Waals surface area contributed by atoms with Crippen LogP contribution in [0.2, 0.25) is 0 Å². The molecule has 0 bridgehead atoms. The van der Waals surface area contributed by atoms with Gasteiger partial charge in [0.2, 0.25) is 0 Å². The summed E-state index contributed by atoms with van der Waals surface area (Å²) >= 11 is 0. The molecule has 0 aromatic heterocycles. The van der Waals surface area contributed by atoms with Crippen LogP contribution in [-0.2, 0) is 9.53 Å². The summed E-state index contributed by atoms with van der Waals surface area (Å²) in [6.07, 6.45) is 0.512. The number of halogens is 1. The lowest BCUT2D eigenvalue weighted by Crippen LogP contribution is -2.35. The molecule has 0 spiro atoms. The van der Waals surface area contributed by atoms with E-state index < -0.39 is 12.0 Å². The molecule has 0 amide bonds. The summed E-state index contributed by atoms with van der Waals surface area (Å²) in [5, 5.41) is 0. The Morgan fingerprint density at radius 3 is 2.45 bits per heavy atom. The van der Waals surface area contributed by atoms with Crippen molar-refractivity contribution < 1.29 is 18.7 Å². The van der Waals surface area contributed by atoms with Gasteiger partial charge in [0.05, 0.1) is 7.11 Å². The molecule has 0 aliphatic heterocycles. The van der Waals surface area contributed by atoms with Gasteiger partial charge in [-0.25, -0.2) is 4.39 Å². The first kappa shape index (κ1) is 18.4. The van der Waals surface area contributed by atoms with E-state index in [4.69, 9.17) is 15.2 Å². The fourth-order valence-electron chi connectivity index (χ4n) is 2.60. The summed E-state index contributed by atoms with van der Waals surface area (Å²) in [5.74, 6) is -0.196. The quantitative estimate of drug-likeness (QED) is 0.785. The van der Waals surface area contributed by atoms with Gasteiger partial charge in [-0.05, 0) is 25.8 Å². The van der Waals surface area contributed by atoms with Crippen LogP contribution >= 0.6 is 0 Å². The molecule has 1 aromatic rings. The van der Waals surface area contributed by atoms with Gasteiger partial charge in [0.1, 0.15) is 23.7 Å². The number of rotatable bonds is 7. The molecule has 1 rings (SSSR count). The molecular weight excluding hydrogens is 285 g/mol. The van der Waals surface area contributed by atoms with E-state index in [1.807, 2.05) is 6.92 Å². The molecule has 0 heterocycles. The minimum atomic E-state index is -0.671. The van der Waals surface area contributed by atoms with Crippen molar-refractivity contribution in [3.63, 3.8) is 0 Å². The second-order valence-electron chi connectivity index (χ2n) is 5.73. The summed E-state index contributed by atoms with van der Waals surface area (Å²) in [5.41, 5.74) is 6.40. The number of carbonyl (C=O) groups excluding carboxylic acids is 1. The highest BCUT2D eigenvalue weighted by molar-refractivity contribution is 5.75. The van der Waals surface area contributed by atoms with Crippen molar-refractivity contribution >= 4 is 5.97 Å². The first-order valence-electron chi connectivity index (χ1n) is 7.61. The Bertz CT molecular complexity index is 505. The highest BCUT2D eigenvalue weighted by atomic mass is 19.1. The smallest absolute Gasteiger partial charge is 0.322 e. The monoisotopic (exact) mass is 311 g/mol. The molecule has 124 valence electrons. The van der Waals surface area contributed by atoms with Crippen LogP contribution in [0, 0.1) is 11.7 Å². The third-order valence-electron chi connectivity index (χ3n) is 3.99. The van der Waals surface area contributed by atoms with Crippen molar-refractivity contribution in [2.24, 2.45) is 11.7 Å². The lowest BCUT2D eigenvalue weighted by Gasteiger charge is -2.30. The van der Waals surface area contributed by atoms with Gasteiger partial charge in [0.25, 0.3) is 0 Å². The summed E-state index contributed by atoms with van der Waals surface area (Å²) in [6.45, 7) is 7.56. The average molecular weight is 311 g/mol. The Morgan fingerprint density at radius 1 is 1.32 bits per heavy atom.